The lowest BCUT2D eigenvalue weighted by Gasteiger charge is -2.34. The molecule has 0 aromatic heterocycles. The van der Waals surface area contributed by atoms with Gasteiger partial charge in [0.15, 0.2) is 11.5 Å². The molecule has 1 amide bonds. The van der Waals surface area contributed by atoms with Gasteiger partial charge in [0, 0.05) is 44.6 Å². The highest BCUT2D eigenvalue weighted by Gasteiger charge is 2.31. The monoisotopic (exact) mass is 490 g/mol. The first-order valence-corrected chi connectivity index (χ1v) is 12.3. The predicted molar refractivity (Wildman–Crippen MR) is 140 cm³/mol. The lowest BCUT2D eigenvalue weighted by atomic mass is 10.0. The number of halogens is 1. The third kappa shape index (κ3) is 4.86. The predicted octanol–water partition coefficient (Wildman–Crippen LogP) is 4.45. The van der Waals surface area contributed by atoms with Gasteiger partial charge in [-0.05, 0) is 79.2 Å². The number of methoxy groups -OCH3 is 1. The summed E-state index contributed by atoms with van der Waals surface area (Å²) in [6, 6.07) is 13.9. The molecule has 3 aromatic rings. The number of hydrogen-bond acceptors (Lipinski definition) is 6. The van der Waals surface area contributed by atoms with Gasteiger partial charge >= 0.3 is 0 Å². The van der Waals surface area contributed by atoms with Crippen LogP contribution in [0.3, 0.4) is 0 Å². The van der Waals surface area contributed by atoms with Crippen molar-refractivity contribution in [1.29, 1.82) is 0 Å². The molecule has 0 saturated carbocycles. The summed E-state index contributed by atoms with van der Waals surface area (Å²) in [5, 5.41) is 11.6. The Morgan fingerprint density at radius 2 is 1.72 bits per heavy atom. The van der Waals surface area contributed by atoms with E-state index < -0.39 is 0 Å². The first-order valence-electron chi connectivity index (χ1n) is 12.3. The average Bonchev–Trinajstić information content (AvgIpc) is 3.32. The molecule has 3 aliphatic rings. The number of aliphatic imine (C=N–C) groups is 1. The number of phenols is 1. The number of ether oxygens (including phenoxy) is 1. The van der Waals surface area contributed by atoms with Gasteiger partial charge in [-0.15, -0.1) is 0 Å². The highest BCUT2D eigenvalue weighted by molar-refractivity contribution is 6.07. The molecule has 1 unspecified atom stereocenters. The van der Waals surface area contributed by atoms with Crippen molar-refractivity contribution >= 4 is 34.3 Å². The number of fused-ring (bicyclic) bond motifs is 3. The van der Waals surface area contributed by atoms with Crippen LogP contribution in [0.25, 0.3) is 10.8 Å². The fourth-order valence-electron chi connectivity index (χ4n) is 4.98. The minimum Gasteiger partial charge on any atom is -0.504 e. The second kappa shape index (κ2) is 10.1. The summed E-state index contributed by atoms with van der Waals surface area (Å²) in [7, 11) is 3.64. The van der Waals surface area contributed by atoms with Gasteiger partial charge < -0.3 is 24.5 Å². The van der Waals surface area contributed by atoms with Crippen molar-refractivity contribution in [1.82, 2.24) is 9.80 Å². The van der Waals surface area contributed by atoms with Crippen LogP contribution >= 0.6 is 0 Å². The molecular formula is C28H31FN4O3. The fraction of sp³-hybridized carbons (Fsp3) is 0.357. The standard InChI is InChI=1S/C17H16N2O3.C11H15FN2/c1-22-16-8-11-6-14-13(5-10(11)7-15(16)20)17(21)19-4-2-3-12(19)9-18-14;1-13-6-8-14(9-7-13)11-4-2-10(12)3-5-11/h5-9,12,20H,2-4H2,1H3;2-5H,6-9H2,1H3. The van der Waals surface area contributed by atoms with Gasteiger partial charge in [0.25, 0.3) is 5.91 Å². The maximum Gasteiger partial charge on any atom is 0.256 e. The summed E-state index contributed by atoms with van der Waals surface area (Å²) < 4.78 is 17.8. The Labute approximate surface area is 210 Å². The second-order valence-electron chi connectivity index (χ2n) is 9.49. The van der Waals surface area contributed by atoms with E-state index in [0.717, 1.165) is 62.0 Å². The van der Waals surface area contributed by atoms with Crippen LogP contribution in [-0.4, -0.2) is 80.0 Å². The highest BCUT2D eigenvalue weighted by Crippen LogP contribution is 2.36. The van der Waals surface area contributed by atoms with E-state index in [2.05, 4.69) is 21.8 Å². The van der Waals surface area contributed by atoms with Crippen LogP contribution in [0.4, 0.5) is 15.8 Å². The Morgan fingerprint density at radius 3 is 2.44 bits per heavy atom. The molecule has 2 saturated heterocycles. The molecule has 0 bridgehead atoms. The molecule has 36 heavy (non-hydrogen) atoms. The van der Waals surface area contributed by atoms with E-state index >= 15 is 0 Å². The lowest BCUT2D eigenvalue weighted by Crippen LogP contribution is -2.44. The molecule has 3 aromatic carbocycles. The van der Waals surface area contributed by atoms with E-state index in [1.807, 2.05) is 35.4 Å². The smallest absolute Gasteiger partial charge is 0.256 e. The molecule has 1 N–H and O–H groups in total. The van der Waals surface area contributed by atoms with E-state index in [1.54, 1.807) is 12.1 Å². The first-order chi connectivity index (χ1) is 17.4. The van der Waals surface area contributed by atoms with Crippen molar-refractivity contribution in [3.63, 3.8) is 0 Å². The molecule has 8 heteroatoms. The summed E-state index contributed by atoms with van der Waals surface area (Å²) in [5.74, 6) is 0.339. The third-order valence-electron chi connectivity index (χ3n) is 7.12. The largest absolute Gasteiger partial charge is 0.504 e. The second-order valence-corrected chi connectivity index (χ2v) is 9.49. The number of hydrogen-bond donors (Lipinski definition) is 1. The Bertz CT molecular complexity index is 1290. The number of anilines is 1. The van der Waals surface area contributed by atoms with Gasteiger partial charge in [-0.2, -0.15) is 0 Å². The van der Waals surface area contributed by atoms with Gasteiger partial charge in [-0.3, -0.25) is 9.79 Å². The van der Waals surface area contributed by atoms with Crippen LogP contribution in [0.2, 0.25) is 0 Å². The number of carbonyl (C=O) groups excluding carboxylic acids is 1. The van der Waals surface area contributed by atoms with Crippen molar-refractivity contribution in [3.05, 3.63) is 59.9 Å². The molecule has 1 atom stereocenters. The highest BCUT2D eigenvalue weighted by atomic mass is 19.1. The number of rotatable bonds is 2. The molecule has 3 aliphatic heterocycles. The van der Waals surface area contributed by atoms with Crippen LogP contribution < -0.4 is 9.64 Å². The lowest BCUT2D eigenvalue weighted by molar-refractivity contribution is 0.0775. The van der Waals surface area contributed by atoms with Crippen LogP contribution in [0.1, 0.15) is 23.2 Å². The minimum absolute atomic E-state index is 0.0206. The number of phenolic OH excluding ortho intramolecular Hbond substituents is 1. The fourth-order valence-corrected chi connectivity index (χ4v) is 4.98. The molecule has 188 valence electrons. The number of nitrogens with zero attached hydrogens (tertiary/aromatic N) is 4. The SMILES string of the molecule is CN1CCN(c2ccc(F)cc2)CC1.COc1cc2cc3c(cc2cc1O)C(=O)N1CCCC1C=N3. The first kappa shape index (κ1) is 24.1. The molecule has 6 rings (SSSR count). The van der Waals surface area contributed by atoms with E-state index in [-0.39, 0.29) is 23.5 Å². The molecular weight excluding hydrogens is 459 g/mol. The van der Waals surface area contributed by atoms with Gasteiger partial charge in [-0.1, -0.05) is 0 Å². The number of likely N-dealkylation sites (N-methyl/N-ethyl adjacent to an activating group) is 1. The summed E-state index contributed by atoms with van der Waals surface area (Å²) in [6.45, 7) is 5.00. The number of carbonyl (C=O) groups is 1. The van der Waals surface area contributed by atoms with Crippen molar-refractivity contribution < 1.29 is 19.0 Å². The van der Waals surface area contributed by atoms with Crippen molar-refractivity contribution in [2.75, 3.05) is 51.8 Å². The number of amides is 1. The van der Waals surface area contributed by atoms with Crippen LogP contribution in [0.5, 0.6) is 11.5 Å². The van der Waals surface area contributed by atoms with E-state index in [4.69, 9.17) is 4.74 Å². The Kier molecular flexibility index (Phi) is 6.78. The maximum absolute atomic E-state index is 12.7. The Hall–Kier alpha value is -3.65. The minimum atomic E-state index is -0.164. The Balaban J connectivity index is 0.000000165. The van der Waals surface area contributed by atoms with E-state index in [1.165, 1.54) is 19.2 Å². The van der Waals surface area contributed by atoms with Crippen molar-refractivity contribution in [2.45, 2.75) is 18.9 Å². The Morgan fingerprint density at radius 1 is 1.00 bits per heavy atom. The molecule has 7 nitrogen and oxygen atoms in total. The zero-order valence-corrected chi connectivity index (χ0v) is 20.7. The molecule has 0 aliphatic carbocycles. The summed E-state index contributed by atoms with van der Waals surface area (Å²) in [5.41, 5.74) is 2.40. The van der Waals surface area contributed by atoms with Gasteiger partial charge in [0.2, 0.25) is 0 Å². The van der Waals surface area contributed by atoms with Gasteiger partial charge in [0.1, 0.15) is 5.82 Å². The number of piperazine rings is 1. The van der Waals surface area contributed by atoms with Gasteiger partial charge in [-0.25, -0.2) is 4.39 Å². The van der Waals surface area contributed by atoms with E-state index in [9.17, 15) is 14.3 Å². The van der Waals surface area contributed by atoms with Crippen molar-refractivity contribution in [3.8, 4) is 11.5 Å². The van der Waals surface area contributed by atoms with Crippen LogP contribution in [-0.2, 0) is 0 Å². The molecule has 3 heterocycles. The topological polar surface area (TPSA) is 68.6 Å². The zero-order valence-electron chi connectivity index (χ0n) is 20.7. The molecule has 0 radical (unpaired) electrons. The molecule has 2 fully saturated rings. The quantitative estimate of drug-likeness (QED) is 0.575. The van der Waals surface area contributed by atoms with Crippen molar-refractivity contribution in [2.24, 2.45) is 4.99 Å². The van der Waals surface area contributed by atoms with Gasteiger partial charge in [0.05, 0.1) is 24.4 Å². The third-order valence-corrected chi connectivity index (χ3v) is 7.12. The normalized spacial score (nSPS) is 19.4. The average molecular weight is 491 g/mol. The summed E-state index contributed by atoms with van der Waals surface area (Å²) in [6.07, 6.45) is 3.86. The number of benzene rings is 3. The van der Waals surface area contributed by atoms with E-state index in [0.29, 0.717) is 17.0 Å². The van der Waals surface area contributed by atoms with Crippen LogP contribution in [0.15, 0.2) is 53.5 Å². The maximum atomic E-state index is 12.7. The van der Waals surface area contributed by atoms with Crippen LogP contribution in [0, 0.1) is 5.82 Å². The number of aromatic hydroxyl groups is 1. The summed E-state index contributed by atoms with van der Waals surface area (Å²) in [4.78, 5) is 23.7. The zero-order chi connectivity index (χ0) is 25.2. The molecule has 0 spiro atoms. The summed E-state index contributed by atoms with van der Waals surface area (Å²) >= 11 is 0.